The average molecular weight is 1780 g/mol. The van der Waals surface area contributed by atoms with Crippen molar-refractivity contribution in [1.29, 1.82) is 0 Å². The van der Waals surface area contributed by atoms with Crippen LogP contribution in [0.4, 0.5) is 0 Å². The summed E-state index contributed by atoms with van der Waals surface area (Å²) >= 11 is 3.93. The number of amides is 20. The van der Waals surface area contributed by atoms with Gasteiger partial charge in [0.15, 0.2) is 0 Å². The Balaban J connectivity index is 1.39. The molecule has 20 amide bonds. The number of carboxylic acid groups (broad SMARTS) is 1. The van der Waals surface area contributed by atoms with E-state index in [0.29, 0.717) is 32.9 Å². The van der Waals surface area contributed by atoms with E-state index in [9.17, 15) is 112 Å². The number of aromatic nitrogens is 2. The Hall–Kier alpha value is -13.4. The van der Waals surface area contributed by atoms with Gasteiger partial charge in [-0.05, 0) is 75.6 Å². The van der Waals surface area contributed by atoms with Gasteiger partial charge in [-0.3, -0.25) is 95.9 Å². The number of aliphatic hydroxyl groups excluding tert-OH is 3. The van der Waals surface area contributed by atoms with Crippen LogP contribution in [0.15, 0.2) is 60.9 Å². The summed E-state index contributed by atoms with van der Waals surface area (Å²) in [6, 6.07) is -12.3. The number of thiol groups is 1. The van der Waals surface area contributed by atoms with Crippen LogP contribution in [-0.2, 0) is 114 Å². The number of fused-ring (bicyclic) bond motifs is 2. The van der Waals surface area contributed by atoms with Crippen LogP contribution < -0.4 is 109 Å². The SMILES string of the molecule is CC[C@H](C)[C@H](NC(=O)[C@H](CO)NC(=O)[C@@H]1CCCN1C(=O)[C@H](CO)NC(=O)[C@H](CCC(N)=O)NC(=O)[C@H](Cc1c[nH]c2ccccc12)NC(=O)[C@H](Cc1c[nH]c2ccccc12)NC(=O)[C@H](CC(N)=O)NC(=O)[C@H](CC(N)=O)NC(=O)[C@@H](NC(=O)CNC(=O)[C@H](C)NC(=O)[C@H](C)NC(=O)[C@@H](N)CS)[C@@H](C)O)C(=O)N[C@@H](CCC(N)=O)C(=O)N[C@@H](CC(N)=O)C(=O)O. The Morgan fingerprint density at radius 3 is 1.32 bits per heavy atom. The molecule has 125 heavy (non-hydrogen) atoms. The van der Waals surface area contributed by atoms with E-state index >= 15 is 9.59 Å². The van der Waals surface area contributed by atoms with E-state index in [2.05, 4.69) is 97.0 Å². The number of aliphatic carboxylic acids is 1. The van der Waals surface area contributed by atoms with Gasteiger partial charge in [-0.2, -0.15) is 12.6 Å². The summed E-state index contributed by atoms with van der Waals surface area (Å²) in [6.07, 6.45) is -4.84. The number of para-hydroxylation sites is 2. The molecule has 3 heterocycles. The minimum atomic E-state index is -2.10. The monoisotopic (exact) mass is 1780 g/mol. The van der Waals surface area contributed by atoms with E-state index in [0.717, 1.165) is 11.8 Å². The van der Waals surface area contributed by atoms with Crippen LogP contribution in [0.2, 0.25) is 0 Å². The molecule has 5 rings (SSSR count). The van der Waals surface area contributed by atoms with E-state index in [1.54, 1.807) is 55.5 Å². The number of carbonyl (C=O) groups excluding carboxylic acids is 20. The summed E-state index contributed by atoms with van der Waals surface area (Å²) in [5.41, 5.74) is 34.5. The van der Waals surface area contributed by atoms with Gasteiger partial charge in [-0.1, -0.05) is 56.7 Å². The van der Waals surface area contributed by atoms with Crippen molar-refractivity contribution in [2.24, 2.45) is 40.3 Å². The fraction of sp³-hybridized carbons (Fsp3) is 0.513. The third kappa shape index (κ3) is 31.5. The summed E-state index contributed by atoms with van der Waals surface area (Å²) in [4.78, 5) is 289. The minimum Gasteiger partial charge on any atom is -0.480 e. The largest absolute Gasteiger partial charge is 0.480 e. The minimum absolute atomic E-state index is 0.0389. The van der Waals surface area contributed by atoms with Gasteiger partial charge >= 0.3 is 5.97 Å². The molecule has 0 aliphatic carbocycles. The molecule has 0 radical (unpaired) electrons. The summed E-state index contributed by atoms with van der Waals surface area (Å²) in [5.74, 6) is -25.0. The van der Waals surface area contributed by atoms with Gasteiger partial charge in [0.1, 0.15) is 84.6 Å². The van der Waals surface area contributed by atoms with Crippen LogP contribution >= 0.6 is 12.6 Å². The molecule has 684 valence electrons. The third-order valence-electron chi connectivity index (χ3n) is 20.0. The first-order valence-electron chi connectivity index (χ1n) is 39.4. The molecule has 0 spiro atoms. The smallest absolute Gasteiger partial charge is 0.326 e. The molecule has 32 N–H and O–H groups in total. The van der Waals surface area contributed by atoms with Gasteiger partial charge in [-0.25, -0.2) is 4.79 Å². The summed E-state index contributed by atoms with van der Waals surface area (Å²) in [7, 11) is 0. The Morgan fingerprint density at radius 1 is 0.464 bits per heavy atom. The van der Waals surface area contributed by atoms with Crippen molar-refractivity contribution >= 4 is 159 Å². The van der Waals surface area contributed by atoms with E-state index in [1.165, 1.54) is 33.2 Å². The third-order valence-corrected chi connectivity index (χ3v) is 20.4. The lowest BCUT2D eigenvalue weighted by Crippen LogP contribution is -2.62. The first-order chi connectivity index (χ1) is 58.9. The van der Waals surface area contributed by atoms with Crippen LogP contribution in [0.1, 0.15) is 110 Å². The lowest BCUT2D eigenvalue weighted by molar-refractivity contribution is -0.144. The fourth-order valence-electron chi connectivity index (χ4n) is 12.9. The first-order valence-corrected chi connectivity index (χ1v) is 40.1. The summed E-state index contributed by atoms with van der Waals surface area (Å²) in [5, 5.41) is 74.9. The summed E-state index contributed by atoms with van der Waals surface area (Å²) in [6.45, 7) is 3.25. The highest BCUT2D eigenvalue weighted by atomic mass is 32.1. The van der Waals surface area contributed by atoms with Crippen molar-refractivity contribution in [1.82, 2.24) is 89.3 Å². The van der Waals surface area contributed by atoms with Crippen molar-refractivity contribution in [3.05, 3.63) is 72.1 Å². The molecule has 1 fully saturated rings. The van der Waals surface area contributed by atoms with Gasteiger partial charge in [0.25, 0.3) is 0 Å². The molecule has 0 bridgehead atoms. The predicted molar refractivity (Wildman–Crippen MR) is 441 cm³/mol. The highest BCUT2D eigenvalue weighted by molar-refractivity contribution is 7.80. The van der Waals surface area contributed by atoms with Crippen LogP contribution in [0.5, 0.6) is 0 Å². The van der Waals surface area contributed by atoms with Crippen LogP contribution in [0.25, 0.3) is 21.8 Å². The number of likely N-dealkylation sites (tertiary alicyclic amines) is 1. The van der Waals surface area contributed by atoms with Crippen molar-refractivity contribution in [2.75, 3.05) is 32.1 Å². The molecular formula is C76H109N23O25S. The number of aromatic amines is 2. The maximum absolute atomic E-state index is 15.3. The zero-order valence-corrected chi connectivity index (χ0v) is 69.7. The van der Waals surface area contributed by atoms with E-state index in [-0.39, 0.29) is 31.6 Å². The van der Waals surface area contributed by atoms with Crippen LogP contribution in [0.3, 0.4) is 0 Å². The quantitative estimate of drug-likeness (QED) is 0.0183. The zero-order chi connectivity index (χ0) is 93.4. The number of hydrogen-bond acceptors (Lipinski definition) is 26. The van der Waals surface area contributed by atoms with Crippen LogP contribution in [0, 0.1) is 5.92 Å². The molecule has 1 saturated heterocycles. The summed E-state index contributed by atoms with van der Waals surface area (Å²) < 4.78 is 0. The van der Waals surface area contributed by atoms with Crippen molar-refractivity contribution in [3.63, 3.8) is 0 Å². The molecule has 1 aliphatic rings. The Morgan fingerprint density at radius 2 is 0.864 bits per heavy atom. The van der Waals surface area contributed by atoms with Crippen molar-refractivity contribution < 1.29 is 121 Å². The number of primary amides is 5. The molecule has 4 aromatic rings. The number of nitrogens with zero attached hydrogens (tertiary/aromatic N) is 1. The second-order valence-corrected chi connectivity index (χ2v) is 30.1. The van der Waals surface area contributed by atoms with Gasteiger partial charge < -0.3 is 144 Å². The first kappa shape index (κ1) is 102. The van der Waals surface area contributed by atoms with E-state index < -0.39 is 304 Å². The average Bonchev–Trinajstić information content (AvgIpc) is 1.71. The Kier molecular flexibility index (Phi) is 40.1. The number of nitrogens with one attached hydrogen (secondary N) is 16. The molecule has 49 heteroatoms. The molecule has 2 aromatic carbocycles. The zero-order valence-electron chi connectivity index (χ0n) is 68.8. The lowest BCUT2D eigenvalue weighted by atomic mass is 9.97. The fourth-order valence-corrected chi connectivity index (χ4v) is 13.0. The predicted octanol–water partition coefficient (Wildman–Crippen LogP) is -11.2. The van der Waals surface area contributed by atoms with Gasteiger partial charge in [0.2, 0.25) is 118 Å². The standard InChI is InChI=1S/C76H109N23O25S/c1-6-33(2)60(73(120)89-45(18-20-55(79)104)65(112)94-50(76(123)124)26-58(82)107)98-71(118)51(30-100)95-72(119)53-16-11-21-99(53)75(122)52(31-101)96-66(113)44(17-19-54(78)103)88-67(114)46(22-37-27-83-42-14-9-7-12-39(37)42)90-68(115)47(23-38-28-84-43-15-10-8-13-40(38)43)91-69(116)48(24-56(80)105)92-70(117)49(25-57(81)106)93-74(121)61(36(5)102)97-59(108)29-85-62(109)34(3)86-63(110)35(4)87-64(111)41(77)32-125/h7-10,12-15,27-28,33-36,41,44-53,60-61,83-84,100-102,125H,6,11,16-26,29-32,77H2,1-5H3,(H2,78,103)(H2,79,104)(H2,80,105)(H2,81,106)(H2,82,107)(H,85,109)(H,86,110)(H,87,111)(H,88,114)(H,89,120)(H,90,115)(H,91,116)(H,92,117)(H,93,121)(H,94,112)(H,95,119)(H,96,113)(H,97,108)(H,98,118)(H,123,124)/t33-,34-,35-,36+,41-,44-,45-,46-,47-,48-,49-,50-,51-,52-,53-,60-,61-/m0/s1. The Bertz CT molecular complexity index is 4640. The van der Waals surface area contributed by atoms with Crippen molar-refractivity contribution in [2.45, 2.75) is 208 Å². The molecule has 17 atom stereocenters. The number of hydrogen-bond donors (Lipinski definition) is 27. The number of benzene rings is 2. The molecule has 1 aliphatic heterocycles. The van der Waals surface area contributed by atoms with E-state index in [1.807, 2.05) is 0 Å². The normalized spacial score (nSPS) is 16.2. The molecule has 48 nitrogen and oxygen atoms in total. The molecule has 2 aromatic heterocycles. The second kappa shape index (κ2) is 49.0. The maximum atomic E-state index is 15.3. The number of nitrogens with two attached hydrogens (primary N) is 6. The van der Waals surface area contributed by atoms with Gasteiger partial charge in [0, 0.05) is 72.2 Å². The molecule has 0 unspecified atom stereocenters. The lowest BCUT2D eigenvalue weighted by Gasteiger charge is -2.31. The topological polar surface area (TPSA) is 799 Å². The van der Waals surface area contributed by atoms with Gasteiger partial charge in [0.05, 0.1) is 51.2 Å². The number of carboxylic acids is 1. The number of carbonyl (C=O) groups is 21. The number of aliphatic hydroxyl groups is 3. The van der Waals surface area contributed by atoms with E-state index in [4.69, 9.17) is 34.4 Å². The number of rotatable bonds is 52. The molecular weight excluding hydrogens is 1670 g/mol. The highest BCUT2D eigenvalue weighted by Gasteiger charge is 2.43. The Labute approximate surface area is 718 Å². The maximum Gasteiger partial charge on any atom is 0.326 e. The van der Waals surface area contributed by atoms with Crippen molar-refractivity contribution in [3.8, 4) is 0 Å². The molecule has 0 saturated carbocycles. The second-order valence-electron chi connectivity index (χ2n) is 29.7. The van der Waals surface area contributed by atoms with Gasteiger partial charge in [-0.15, -0.1) is 0 Å². The van der Waals surface area contributed by atoms with Crippen LogP contribution in [-0.4, -0.2) is 288 Å². The number of H-pyrrole nitrogens is 2. The highest BCUT2D eigenvalue weighted by Crippen LogP contribution is 2.24.